The van der Waals surface area contributed by atoms with Crippen molar-refractivity contribution in [1.29, 1.82) is 0 Å². The maximum absolute atomic E-state index is 12.5. The largest absolute Gasteiger partial charge is 0.348 e. The third-order valence-electron chi connectivity index (χ3n) is 4.95. The Hall–Kier alpha value is -3.73. The van der Waals surface area contributed by atoms with Gasteiger partial charge in [0.2, 0.25) is 5.91 Å². The van der Waals surface area contributed by atoms with E-state index in [4.69, 9.17) is 0 Å². The van der Waals surface area contributed by atoms with E-state index >= 15 is 0 Å². The molecular weight excluding hydrogens is 362 g/mol. The predicted octanol–water partition coefficient (Wildman–Crippen LogP) is 3.94. The lowest BCUT2D eigenvalue weighted by Gasteiger charge is -2.15. The Kier molecular flexibility index (Phi) is 5.20. The van der Waals surface area contributed by atoms with Gasteiger partial charge < -0.3 is 5.32 Å². The number of benzene rings is 3. The highest BCUT2D eigenvalue weighted by atomic mass is 16.2. The summed E-state index contributed by atoms with van der Waals surface area (Å²) in [5.41, 5.74) is 3.01. The molecule has 0 aliphatic carbocycles. The van der Waals surface area contributed by atoms with E-state index in [1.807, 2.05) is 61.5 Å². The van der Waals surface area contributed by atoms with Crippen LogP contribution in [0, 0.1) is 0 Å². The molecule has 0 saturated heterocycles. The van der Waals surface area contributed by atoms with Crippen molar-refractivity contribution in [2.24, 2.45) is 0 Å². The van der Waals surface area contributed by atoms with Crippen LogP contribution >= 0.6 is 0 Å². The minimum Gasteiger partial charge on any atom is -0.348 e. The Morgan fingerprint density at radius 1 is 0.931 bits per heavy atom. The quantitative estimate of drug-likeness (QED) is 0.568. The summed E-state index contributed by atoms with van der Waals surface area (Å²) in [6, 6.07) is 25.3. The number of amides is 1. The zero-order valence-electron chi connectivity index (χ0n) is 16.1. The Balaban J connectivity index is 1.45. The Morgan fingerprint density at radius 3 is 2.34 bits per heavy atom. The van der Waals surface area contributed by atoms with Crippen LogP contribution < -0.4 is 10.9 Å². The third-order valence-corrected chi connectivity index (χ3v) is 4.95. The molecule has 3 aromatic carbocycles. The molecule has 5 heteroatoms. The SMILES string of the molecule is C[C@@H](NC(=O)Cn1ncc2ccccc2c1=O)c1ccc(-c2ccccc2)cc1. The summed E-state index contributed by atoms with van der Waals surface area (Å²) in [5.74, 6) is -0.255. The molecule has 0 aliphatic rings. The highest BCUT2D eigenvalue weighted by Crippen LogP contribution is 2.21. The van der Waals surface area contributed by atoms with Crippen LogP contribution in [0.1, 0.15) is 18.5 Å². The fourth-order valence-corrected chi connectivity index (χ4v) is 3.34. The van der Waals surface area contributed by atoms with Crippen molar-refractivity contribution in [3.05, 3.63) is 101 Å². The molecule has 0 aliphatic heterocycles. The predicted molar refractivity (Wildman–Crippen MR) is 114 cm³/mol. The van der Waals surface area contributed by atoms with Crippen LogP contribution in [0.3, 0.4) is 0 Å². The summed E-state index contributed by atoms with van der Waals surface area (Å²) in [7, 11) is 0. The lowest BCUT2D eigenvalue weighted by molar-refractivity contribution is -0.122. The second kappa shape index (κ2) is 8.10. The van der Waals surface area contributed by atoms with Gasteiger partial charge in [-0.3, -0.25) is 9.59 Å². The molecular formula is C24H21N3O2. The van der Waals surface area contributed by atoms with Gasteiger partial charge in [-0.25, -0.2) is 4.68 Å². The molecule has 0 unspecified atom stereocenters. The molecule has 1 heterocycles. The summed E-state index contributed by atoms with van der Waals surface area (Å²) in [4.78, 5) is 25.0. The number of nitrogens with one attached hydrogen (secondary N) is 1. The average Bonchev–Trinajstić information content (AvgIpc) is 2.76. The van der Waals surface area contributed by atoms with Crippen molar-refractivity contribution in [3.63, 3.8) is 0 Å². The second-order valence-corrected chi connectivity index (χ2v) is 6.97. The molecule has 1 atom stereocenters. The van der Waals surface area contributed by atoms with Gasteiger partial charge in [0.1, 0.15) is 6.54 Å². The fraction of sp³-hybridized carbons (Fsp3) is 0.125. The first kappa shape index (κ1) is 18.6. The molecule has 1 N–H and O–H groups in total. The van der Waals surface area contributed by atoms with Crippen LogP contribution in [0.4, 0.5) is 0 Å². The molecule has 29 heavy (non-hydrogen) atoms. The van der Waals surface area contributed by atoms with E-state index in [1.165, 1.54) is 4.68 Å². The van der Waals surface area contributed by atoms with Crippen molar-refractivity contribution < 1.29 is 4.79 Å². The molecule has 0 fully saturated rings. The smallest absolute Gasteiger partial charge is 0.275 e. The maximum Gasteiger partial charge on any atom is 0.275 e. The molecule has 0 saturated carbocycles. The lowest BCUT2D eigenvalue weighted by atomic mass is 10.0. The first-order valence-corrected chi connectivity index (χ1v) is 9.51. The summed E-state index contributed by atoms with van der Waals surface area (Å²) >= 11 is 0. The Morgan fingerprint density at radius 2 is 1.59 bits per heavy atom. The highest BCUT2D eigenvalue weighted by molar-refractivity contribution is 5.81. The average molecular weight is 383 g/mol. The Labute approximate surface area is 168 Å². The number of carbonyl (C=O) groups excluding carboxylic acids is 1. The number of hydrogen-bond donors (Lipinski definition) is 1. The van der Waals surface area contributed by atoms with Gasteiger partial charge in [0.25, 0.3) is 5.56 Å². The third kappa shape index (κ3) is 4.09. The van der Waals surface area contributed by atoms with Crippen molar-refractivity contribution in [2.75, 3.05) is 0 Å². The van der Waals surface area contributed by atoms with Gasteiger partial charge in [0.15, 0.2) is 0 Å². The van der Waals surface area contributed by atoms with E-state index in [2.05, 4.69) is 22.5 Å². The molecule has 1 amide bonds. The molecule has 4 rings (SSSR count). The summed E-state index contributed by atoms with van der Waals surface area (Å²) in [5, 5.41) is 8.38. The van der Waals surface area contributed by atoms with Gasteiger partial charge in [-0.1, -0.05) is 72.8 Å². The topological polar surface area (TPSA) is 64.0 Å². The number of rotatable bonds is 5. The summed E-state index contributed by atoms with van der Waals surface area (Å²) < 4.78 is 1.20. The fourth-order valence-electron chi connectivity index (χ4n) is 3.34. The van der Waals surface area contributed by atoms with Crippen LogP contribution in [-0.2, 0) is 11.3 Å². The number of nitrogens with zero attached hydrogens (tertiary/aromatic N) is 2. The van der Waals surface area contributed by atoms with Gasteiger partial charge >= 0.3 is 0 Å². The van der Waals surface area contributed by atoms with Gasteiger partial charge in [0, 0.05) is 5.39 Å². The van der Waals surface area contributed by atoms with Crippen molar-refractivity contribution in [3.8, 4) is 11.1 Å². The summed E-state index contributed by atoms with van der Waals surface area (Å²) in [6.07, 6.45) is 1.61. The van der Waals surface area contributed by atoms with E-state index in [0.717, 1.165) is 22.1 Å². The standard InChI is InChI=1S/C24H21N3O2/c1-17(18-11-13-20(14-12-18)19-7-3-2-4-8-19)26-23(28)16-27-24(29)22-10-6-5-9-21(22)15-25-27/h2-15,17H,16H2,1H3,(H,26,28)/t17-/m1/s1. The van der Waals surface area contributed by atoms with Crippen LogP contribution in [-0.4, -0.2) is 15.7 Å². The van der Waals surface area contributed by atoms with E-state index in [-0.39, 0.29) is 24.1 Å². The first-order chi connectivity index (χ1) is 14.1. The van der Waals surface area contributed by atoms with Crippen LogP contribution in [0.15, 0.2) is 89.9 Å². The van der Waals surface area contributed by atoms with Gasteiger partial charge in [-0.05, 0) is 29.7 Å². The molecule has 1 aromatic heterocycles. The minimum absolute atomic E-state index is 0.115. The normalized spacial score (nSPS) is 11.9. The number of carbonyl (C=O) groups is 1. The van der Waals surface area contributed by atoms with Crippen molar-refractivity contribution >= 4 is 16.7 Å². The molecule has 4 aromatic rings. The highest BCUT2D eigenvalue weighted by Gasteiger charge is 2.12. The molecule has 0 radical (unpaired) electrons. The molecule has 0 spiro atoms. The van der Waals surface area contributed by atoms with Crippen molar-refractivity contribution in [2.45, 2.75) is 19.5 Å². The number of hydrogen-bond acceptors (Lipinski definition) is 3. The summed E-state index contributed by atoms with van der Waals surface area (Å²) in [6.45, 7) is 1.81. The van der Waals surface area contributed by atoms with Crippen LogP contribution in [0.2, 0.25) is 0 Å². The zero-order chi connectivity index (χ0) is 20.2. The first-order valence-electron chi connectivity index (χ1n) is 9.51. The van der Waals surface area contributed by atoms with E-state index in [1.54, 1.807) is 18.3 Å². The monoisotopic (exact) mass is 383 g/mol. The number of fused-ring (bicyclic) bond motifs is 1. The maximum atomic E-state index is 12.5. The van der Waals surface area contributed by atoms with Gasteiger partial charge in [0.05, 0.1) is 17.6 Å². The van der Waals surface area contributed by atoms with E-state index in [0.29, 0.717) is 5.39 Å². The van der Waals surface area contributed by atoms with Crippen molar-refractivity contribution in [1.82, 2.24) is 15.1 Å². The zero-order valence-corrected chi connectivity index (χ0v) is 16.1. The molecule has 144 valence electrons. The lowest BCUT2D eigenvalue weighted by Crippen LogP contribution is -2.34. The Bertz CT molecular complexity index is 1200. The van der Waals surface area contributed by atoms with Gasteiger partial charge in [-0.15, -0.1) is 0 Å². The molecule has 5 nitrogen and oxygen atoms in total. The number of aromatic nitrogens is 2. The minimum atomic E-state index is -0.266. The second-order valence-electron chi connectivity index (χ2n) is 6.97. The van der Waals surface area contributed by atoms with Crippen LogP contribution in [0.5, 0.6) is 0 Å². The van der Waals surface area contributed by atoms with E-state index in [9.17, 15) is 9.59 Å². The van der Waals surface area contributed by atoms with E-state index < -0.39 is 0 Å². The van der Waals surface area contributed by atoms with Gasteiger partial charge in [-0.2, -0.15) is 5.10 Å². The molecule has 0 bridgehead atoms. The van der Waals surface area contributed by atoms with Crippen LogP contribution in [0.25, 0.3) is 21.9 Å².